The second-order valence-electron chi connectivity index (χ2n) is 10.3. The number of H-pyrrole nitrogens is 1. The number of nitrogens with zero attached hydrogens (tertiary/aromatic N) is 1. The van der Waals surface area contributed by atoms with Gasteiger partial charge in [-0.15, -0.1) is 0 Å². The number of primary sulfonamides is 1. The number of fused-ring (bicyclic) bond motifs is 1. The number of anilines is 1. The Balaban J connectivity index is 1.90. The summed E-state index contributed by atoms with van der Waals surface area (Å²) < 4.78 is 28.8. The molecule has 1 unspecified atom stereocenters. The van der Waals surface area contributed by atoms with Crippen molar-refractivity contribution in [1.82, 2.24) is 15.5 Å². The van der Waals surface area contributed by atoms with E-state index in [-0.39, 0.29) is 4.90 Å². The predicted molar refractivity (Wildman–Crippen MR) is 134 cm³/mol. The van der Waals surface area contributed by atoms with Gasteiger partial charge in [-0.05, 0) is 56.5 Å². The van der Waals surface area contributed by atoms with E-state index in [0.717, 1.165) is 0 Å². The minimum absolute atomic E-state index is 0.0307. The molecular formula is C24H31N5O5S. The summed E-state index contributed by atoms with van der Waals surface area (Å²) in [4.78, 5) is 25.5. The Morgan fingerprint density at radius 1 is 1.06 bits per heavy atom. The molecule has 0 aliphatic carbocycles. The van der Waals surface area contributed by atoms with Crippen LogP contribution >= 0.6 is 0 Å². The van der Waals surface area contributed by atoms with Gasteiger partial charge in [0.1, 0.15) is 17.3 Å². The van der Waals surface area contributed by atoms with Crippen molar-refractivity contribution in [2.75, 3.05) is 5.32 Å². The smallest absolute Gasteiger partial charge is 0.408 e. The lowest BCUT2D eigenvalue weighted by atomic mass is 9.86. The molecule has 0 bridgehead atoms. The van der Waals surface area contributed by atoms with Crippen LogP contribution in [0.4, 0.5) is 10.5 Å². The van der Waals surface area contributed by atoms with Gasteiger partial charge in [0, 0.05) is 16.6 Å². The topological polar surface area (TPSA) is 156 Å². The Morgan fingerprint density at radius 2 is 1.74 bits per heavy atom. The number of nitrogens with two attached hydrogens (primary N) is 1. The summed E-state index contributed by atoms with van der Waals surface area (Å²) in [5.41, 5.74) is 0.921. The Kier molecular flexibility index (Phi) is 6.96. The Morgan fingerprint density at radius 3 is 2.34 bits per heavy atom. The van der Waals surface area contributed by atoms with E-state index in [1.54, 1.807) is 51.1 Å². The van der Waals surface area contributed by atoms with Crippen molar-refractivity contribution in [1.29, 1.82) is 0 Å². The Bertz CT molecular complexity index is 1370. The zero-order chi connectivity index (χ0) is 26.2. The summed E-state index contributed by atoms with van der Waals surface area (Å²) in [6, 6.07) is 10.5. The third kappa shape index (κ3) is 6.58. The lowest BCUT2D eigenvalue weighted by molar-refractivity contribution is -0.120. The molecule has 2 amide bonds. The van der Waals surface area contributed by atoms with E-state index in [4.69, 9.17) is 9.88 Å². The first-order valence-corrected chi connectivity index (χ1v) is 12.5. The van der Waals surface area contributed by atoms with Gasteiger partial charge in [-0.2, -0.15) is 5.10 Å². The lowest BCUT2D eigenvalue weighted by Crippen LogP contribution is -2.52. The van der Waals surface area contributed by atoms with Gasteiger partial charge < -0.3 is 15.4 Å². The third-order valence-corrected chi connectivity index (χ3v) is 5.97. The number of nitrogens with one attached hydrogen (secondary N) is 3. The fraction of sp³-hybridized carbons (Fsp3) is 0.375. The average molecular weight is 502 g/mol. The maximum absolute atomic E-state index is 13.2. The van der Waals surface area contributed by atoms with Crippen molar-refractivity contribution in [3.8, 4) is 11.3 Å². The molecule has 5 N–H and O–H groups in total. The van der Waals surface area contributed by atoms with Crippen LogP contribution in [0.2, 0.25) is 0 Å². The second-order valence-corrected chi connectivity index (χ2v) is 11.9. The van der Waals surface area contributed by atoms with Gasteiger partial charge in [0.15, 0.2) is 0 Å². The van der Waals surface area contributed by atoms with E-state index in [9.17, 15) is 18.0 Å². The molecule has 0 fully saturated rings. The zero-order valence-electron chi connectivity index (χ0n) is 20.6. The summed E-state index contributed by atoms with van der Waals surface area (Å²) in [6.45, 7) is 10.7. The van der Waals surface area contributed by atoms with Crippen LogP contribution in [-0.2, 0) is 19.6 Å². The molecule has 188 valence electrons. The van der Waals surface area contributed by atoms with Gasteiger partial charge in [-0.25, -0.2) is 18.4 Å². The fourth-order valence-corrected chi connectivity index (χ4v) is 4.01. The molecule has 1 aromatic heterocycles. The van der Waals surface area contributed by atoms with Crippen LogP contribution in [0.1, 0.15) is 41.5 Å². The van der Waals surface area contributed by atoms with Gasteiger partial charge >= 0.3 is 6.09 Å². The van der Waals surface area contributed by atoms with Crippen LogP contribution in [0, 0.1) is 5.41 Å². The van der Waals surface area contributed by atoms with Gasteiger partial charge in [0.2, 0.25) is 15.9 Å². The second kappa shape index (κ2) is 9.31. The Labute approximate surface area is 204 Å². The minimum Gasteiger partial charge on any atom is -0.444 e. The number of aromatic amines is 1. The maximum atomic E-state index is 13.2. The first kappa shape index (κ1) is 26.2. The Hall–Kier alpha value is -3.44. The molecule has 1 heterocycles. The molecular weight excluding hydrogens is 470 g/mol. The summed E-state index contributed by atoms with van der Waals surface area (Å²) in [7, 11) is -3.88. The minimum atomic E-state index is -3.88. The maximum Gasteiger partial charge on any atom is 0.408 e. The number of aromatic nitrogens is 2. The van der Waals surface area contributed by atoms with Gasteiger partial charge in [-0.1, -0.05) is 32.9 Å². The number of carbonyl (C=O) groups excluding carboxylic acids is 2. The normalized spacial score (nSPS) is 13.3. The third-order valence-electron chi connectivity index (χ3n) is 5.06. The molecule has 2 aromatic carbocycles. The number of sulfonamides is 1. The molecule has 0 spiro atoms. The number of amides is 2. The quantitative estimate of drug-likeness (QED) is 0.417. The van der Waals surface area contributed by atoms with Crippen LogP contribution < -0.4 is 15.8 Å². The molecule has 0 aliphatic heterocycles. The van der Waals surface area contributed by atoms with Crippen molar-refractivity contribution in [3.63, 3.8) is 0 Å². The highest BCUT2D eigenvalue weighted by Crippen LogP contribution is 2.30. The highest BCUT2D eigenvalue weighted by atomic mass is 32.2. The summed E-state index contributed by atoms with van der Waals surface area (Å²) in [5.74, 6) is -0.413. The number of ether oxygens (including phenoxy) is 1. The van der Waals surface area contributed by atoms with Crippen LogP contribution in [0.5, 0.6) is 0 Å². The highest BCUT2D eigenvalue weighted by molar-refractivity contribution is 7.89. The number of hydrogen-bond donors (Lipinski definition) is 4. The van der Waals surface area contributed by atoms with E-state index in [1.807, 2.05) is 20.8 Å². The fourth-order valence-electron chi connectivity index (χ4n) is 3.45. The van der Waals surface area contributed by atoms with Crippen molar-refractivity contribution in [3.05, 3.63) is 42.5 Å². The average Bonchev–Trinajstić information content (AvgIpc) is 3.12. The summed E-state index contributed by atoms with van der Waals surface area (Å²) in [6.07, 6.45) is -0.685. The number of benzene rings is 2. The number of hydrogen-bond acceptors (Lipinski definition) is 6. The molecule has 0 saturated heterocycles. The largest absolute Gasteiger partial charge is 0.444 e. The molecule has 0 radical (unpaired) electrons. The van der Waals surface area contributed by atoms with E-state index < -0.39 is 39.1 Å². The highest BCUT2D eigenvalue weighted by Gasteiger charge is 2.34. The number of carbonyl (C=O) groups is 2. The lowest BCUT2D eigenvalue weighted by Gasteiger charge is -2.31. The molecule has 3 rings (SSSR count). The van der Waals surface area contributed by atoms with E-state index in [2.05, 4.69) is 20.8 Å². The number of alkyl carbamates (subject to hydrolysis) is 1. The van der Waals surface area contributed by atoms with Gasteiger partial charge in [-0.3, -0.25) is 9.89 Å². The predicted octanol–water partition coefficient (Wildman–Crippen LogP) is 3.76. The molecule has 10 nitrogen and oxygen atoms in total. The van der Waals surface area contributed by atoms with Gasteiger partial charge in [0.05, 0.1) is 10.4 Å². The summed E-state index contributed by atoms with van der Waals surface area (Å²) in [5, 5.41) is 18.7. The van der Waals surface area contributed by atoms with Crippen molar-refractivity contribution in [2.24, 2.45) is 10.6 Å². The van der Waals surface area contributed by atoms with Crippen LogP contribution in [0.3, 0.4) is 0 Å². The monoisotopic (exact) mass is 501 g/mol. The van der Waals surface area contributed by atoms with Crippen molar-refractivity contribution < 1.29 is 22.7 Å². The van der Waals surface area contributed by atoms with E-state index in [1.165, 1.54) is 12.1 Å². The number of rotatable bonds is 5. The van der Waals surface area contributed by atoms with Gasteiger partial charge in [0.25, 0.3) is 0 Å². The van der Waals surface area contributed by atoms with Crippen molar-refractivity contribution >= 4 is 38.6 Å². The first-order valence-electron chi connectivity index (χ1n) is 11.0. The molecule has 35 heavy (non-hydrogen) atoms. The molecule has 1 atom stereocenters. The van der Waals surface area contributed by atoms with Crippen LogP contribution in [0.15, 0.2) is 47.4 Å². The standard InChI is InChI=1S/C24H31N5O5S/c1-23(2,3)20(27-22(31)34-24(4,5)6)21(30)26-15-10-11-18-17(13-15)19(29-28-18)14-8-7-9-16(12-14)35(25,32)33/h7-13,20H,1-6H3,(H,26,30)(H,27,31)(H,28,29)(H2,25,32,33). The van der Waals surface area contributed by atoms with Crippen LogP contribution in [-0.4, -0.2) is 42.3 Å². The molecule has 3 aromatic rings. The molecule has 0 aliphatic rings. The van der Waals surface area contributed by atoms with Crippen molar-refractivity contribution in [2.45, 2.75) is 58.1 Å². The van der Waals surface area contributed by atoms with E-state index in [0.29, 0.717) is 27.8 Å². The van der Waals surface area contributed by atoms with E-state index >= 15 is 0 Å². The molecule has 0 saturated carbocycles. The zero-order valence-corrected chi connectivity index (χ0v) is 21.4. The molecule has 11 heteroatoms. The first-order chi connectivity index (χ1) is 16.0. The summed E-state index contributed by atoms with van der Waals surface area (Å²) >= 11 is 0. The SMILES string of the molecule is CC(C)(C)OC(=O)NC(C(=O)Nc1ccc2[nH]nc(-c3cccc(S(N)(=O)=O)c3)c2c1)C(C)(C)C. The van der Waals surface area contributed by atoms with Crippen LogP contribution in [0.25, 0.3) is 22.2 Å².